The molecule has 5 nitrogen and oxygen atoms in total. The molecule has 0 unspecified atom stereocenters. The smallest absolute Gasteiger partial charge is 0.378 e. The number of nitrogens with one attached hydrogen (secondary N) is 2. The first-order valence-corrected chi connectivity index (χ1v) is 11.1. The maximum atomic E-state index is 13.4. The maximum absolute atomic E-state index is 13.4. The molecule has 1 amide bonds. The Bertz CT molecular complexity index is 982. The Labute approximate surface area is 184 Å². The summed E-state index contributed by atoms with van der Waals surface area (Å²) in [6.07, 6.45) is -3.33. The average Bonchev–Trinajstić information content (AvgIpc) is 2.78. The van der Waals surface area contributed by atoms with E-state index in [-0.39, 0.29) is 24.0 Å². The number of alkyl halides is 3. The largest absolute Gasteiger partial charge is 0.416 e. The van der Waals surface area contributed by atoms with Crippen molar-refractivity contribution in [2.75, 3.05) is 31.5 Å². The van der Waals surface area contributed by atoms with Gasteiger partial charge in [0.25, 0.3) is 0 Å². The topological polar surface area (TPSA) is 53.6 Å². The summed E-state index contributed by atoms with van der Waals surface area (Å²) >= 11 is 0. The zero-order valence-corrected chi connectivity index (χ0v) is 17.6. The van der Waals surface area contributed by atoms with Gasteiger partial charge in [-0.15, -0.1) is 0 Å². The highest BCUT2D eigenvalue weighted by atomic mass is 19.4. The van der Waals surface area contributed by atoms with Gasteiger partial charge in [0.2, 0.25) is 5.91 Å². The van der Waals surface area contributed by atoms with Crippen LogP contribution in [0.3, 0.4) is 0 Å². The number of nitrogens with zero attached hydrogens (tertiary/aromatic N) is 1. The third-order valence-electron chi connectivity index (χ3n) is 6.71. The first kappa shape index (κ1) is 21.3. The highest BCUT2D eigenvalue weighted by molar-refractivity contribution is 5.78. The number of amides is 1. The lowest BCUT2D eigenvalue weighted by Crippen LogP contribution is -2.51. The van der Waals surface area contributed by atoms with E-state index in [1.54, 1.807) is 0 Å². The van der Waals surface area contributed by atoms with Crippen molar-refractivity contribution >= 4 is 11.6 Å². The number of rotatable bonds is 3. The van der Waals surface area contributed by atoms with Gasteiger partial charge in [-0.2, -0.15) is 13.2 Å². The van der Waals surface area contributed by atoms with Crippen molar-refractivity contribution in [3.8, 4) is 0 Å². The third kappa shape index (κ3) is 4.21. The van der Waals surface area contributed by atoms with Crippen molar-refractivity contribution in [1.82, 2.24) is 10.2 Å². The Morgan fingerprint density at radius 3 is 2.66 bits per heavy atom. The molecule has 3 heterocycles. The fourth-order valence-corrected chi connectivity index (χ4v) is 5.19. The molecular weight excluding hydrogens is 419 g/mol. The van der Waals surface area contributed by atoms with Gasteiger partial charge >= 0.3 is 6.18 Å². The monoisotopic (exact) mass is 445 g/mol. The quantitative estimate of drug-likeness (QED) is 0.746. The van der Waals surface area contributed by atoms with E-state index >= 15 is 0 Å². The van der Waals surface area contributed by atoms with Crippen LogP contribution >= 0.6 is 0 Å². The Hall–Kier alpha value is -2.58. The molecule has 3 aliphatic rings. The Kier molecular flexibility index (Phi) is 5.59. The third-order valence-corrected chi connectivity index (χ3v) is 6.71. The molecule has 0 saturated carbocycles. The van der Waals surface area contributed by atoms with Crippen molar-refractivity contribution in [3.05, 3.63) is 65.2 Å². The van der Waals surface area contributed by atoms with Crippen LogP contribution < -0.4 is 10.6 Å². The number of halogens is 3. The Morgan fingerprint density at radius 1 is 1.09 bits per heavy atom. The highest BCUT2D eigenvalue weighted by Crippen LogP contribution is 2.51. The predicted molar refractivity (Wildman–Crippen MR) is 114 cm³/mol. The molecule has 2 aromatic carbocycles. The zero-order valence-electron chi connectivity index (χ0n) is 17.6. The molecule has 8 heteroatoms. The second-order valence-electron chi connectivity index (χ2n) is 8.84. The van der Waals surface area contributed by atoms with Gasteiger partial charge in [-0.1, -0.05) is 30.3 Å². The summed E-state index contributed by atoms with van der Waals surface area (Å²) < 4.78 is 46.8. The Balaban J connectivity index is 1.45. The van der Waals surface area contributed by atoms with Crippen LogP contribution in [0.25, 0.3) is 0 Å². The summed E-state index contributed by atoms with van der Waals surface area (Å²) in [5.74, 6) is 0.0189. The van der Waals surface area contributed by atoms with Crippen LogP contribution in [-0.2, 0) is 15.7 Å². The van der Waals surface area contributed by atoms with Crippen LogP contribution in [0, 0.1) is 5.92 Å². The van der Waals surface area contributed by atoms with Gasteiger partial charge in [0.05, 0.1) is 30.4 Å². The number of ether oxygens (including phenoxy) is 1. The van der Waals surface area contributed by atoms with E-state index in [2.05, 4.69) is 15.5 Å². The standard InChI is InChI=1S/C24H26F3N3O2/c25-24(26,27)16-6-9-20-19(12-16)23-18(22(29-20)15-4-2-1-3-5-15)8-7-17(32-23)13-30-11-10-28-21(31)14-30/h1-6,9,12,17-18,22-23,29H,7-8,10-11,13-14H2,(H,28,31)/t17-,18+,22+,23+/m1/s1. The van der Waals surface area contributed by atoms with Gasteiger partial charge in [-0.05, 0) is 36.6 Å². The van der Waals surface area contributed by atoms with E-state index in [1.807, 2.05) is 30.3 Å². The van der Waals surface area contributed by atoms with Gasteiger partial charge in [0.15, 0.2) is 0 Å². The van der Waals surface area contributed by atoms with Gasteiger partial charge in [0, 0.05) is 36.8 Å². The molecule has 0 spiro atoms. The number of carbonyl (C=O) groups is 1. The summed E-state index contributed by atoms with van der Waals surface area (Å²) in [4.78, 5) is 13.8. The number of carbonyl (C=O) groups excluding carboxylic acids is 1. The van der Waals surface area contributed by atoms with Crippen LogP contribution in [0.5, 0.6) is 0 Å². The minimum atomic E-state index is -4.41. The number of benzene rings is 2. The fraction of sp³-hybridized carbons (Fsp3) is 0.458. The van der Waals surface area contributed by atoms with Gasteiger partial charge in [0.1, 0.15) is 0 Å². The van der Waals surface area contributed by atoms with Crippen LogP contribution in [0.4, 0.5) is 18.9 Å². The summed E-state index contributed by atoms with van der Waals surface area (Å²) in [5.41, 5.74) is 1.69. The maximum Gasteiger partial charge on any atom is 0.416 e. The number of anilines is 1. The summed E-state index contributed by atoms with van der Waals surface area (Å²) in [7, 11) is 0. The Morgan fingerprint density at radius 2 is 1.91 bits per heavy atom. The molecule has 5 rings (SSSR count). The molecule has 0 radical (unpaired) electrons. The van der Waals surface area contributed by atoms with E-state index < -0.39 is 17.8 Å². The second-order valence-corrected chi connectivity index (χ2v) is 8.84. The highest BCUT2D eigenvalue weighted by Gasteiger charge is 2.44. The van der Waals surface area contributed by atoms with Crippen molar-refractivity contribution in [2.24, 2.45) is 5.92 Å². The van der Waals surface area contributed by atoms with Crippen molar-refractivity contribution < 1.29 is 22.7 Å². The van der Waals surface area contributed by atoms with E-state index in [9.17, 15) is 18.0 Å². The average molecular weight is 445 g/mol. The van der Waals surface area contributed by atoms with Gasteiger partial charge in [-0.25, -0.2) is 0 Å². The van der Waals surface area contributed by atoms with Crippen molar-refractivity contribution in [2.45, 2.75) is 37.3 Å². The number of fused-ring (bicyclic) bond motifs is 3. The van der Waals surface area contributed by atoms with Crippen LogP contribution in [-0.4, -0.2) is 43.1 Å². The number of piperazine rings is 1. The molecule has 2 N–H and O–H groups in total. The first-order valence-electron chi connectivity index (χ1n) is 11.1. The molecule has 2 fully saturated rings. The molecule has 3 aliphatic heterocycles. The summed E-state index contributed by atoms with van der Waals surface area (Å²) in [6.45, 7) is 2.30. The van der Waals surface area contributed by atoms with E-state index in [1.165, 1.54) is 12.1 Å². The van der Waals surface area contributed by atoms with Crippen molar-refractivity contribution in [1.29, 1.82) is 0 Å². The first-order chi connectivity index (χ1) is 15.4. The van der Waals surface area contributed by atoms with Gasteiger partial charge in [-0.3, -0.25) is 9.69 Å². The molecule has 0 bridgehead atoms. The molecular formula is C24H26F3N3O2. The van der Waals surface area contributed by atoms with Gasteiger partial charge < -0.3 is 15.4 Å². The lowest BCUT2D eigenvalue weighted by Gasteiger charge is -2.46. The molecule has 2 aromatic rings. The van der Waals surface area contributed by atoms with Crippen LogP contribution in [0.1, 0.15) is 41.7 Å². The van der Waals surface area contributed by atoms with Crippen LogP contribution in [0.15, 0.2) is 48.5 Å². The number of hydrogen-bond acceptors (Lipinski definition) is 4. The van der Waals surface area contributed by atoms with E-state index in [0.717, 1.165) is 31.0 Å². The van der Waals surface area contributed by atoms with E-state index in [4.69, 9.17) is 4.74 Å². The number of hydrogen-bond donors (Lipinski definition) is 2. The second kappa shape index (κ2) is 8.41. The molecule has 0 aromatic heterocycles. The molecule has 2 saturated heterocycles. The van der Waals surface area contributed by atoms with Crippen molar-refractivity contribution in [3.63, 3.8) is 0 Å². The van der Waals surface area contributed by atoms with E-state index in [0.29, 0.717) is 30.9 Å². The lowest BCUT2D eigenvalue weighted by atomic mass is 9.76. The van der Waals surface area contributed by atoms with Crippen LogP contribution in [0.2, 0.25) is 0 Å². The summed E-state index contributed by atoms with van der Waals surface area (Å²) in [6, 6.07) is 13.8. The minimum absolute atomic E-state index is 0.00360. The SMILES string of the molecule is O=C1CN(C[C@H]2CC[C@@H]3[C@H](O2)c2cc(C(F)(F)F)ccc2N[C@H]3c2ccccc2)CCN1. The predicted octanol–water partition coefficient (Wildman–Crippen LogP) is 4.14. The normalized spacial score (nSPS) is 28.3. The molecule has 170 valence electrons. The molecule has 0 aliphatic carbocycles. The lowest BCUT2D eigenvalue weighted by molar-refractivity contribution is -0.138. The molecule has 32 heavy (non-hydrogen) atoms. The fourth-order valence-electron chi connectivity index (χ4n) is 5.19. The minimum Gasteiger partial charge on any atom is -0.378 e. The molecule has 4 atom stereocenters. The zero-order chi connectivity index (χ0) is 22.3. The summed E-state index contributed by atoms with van der Waals surface area (Å²) in [5, 5.41) is 6.30.